The van der Waals surface area contributed by atoms with Gasteiger partial charge in [-0.3, -0.25) is 0 Å². The van der Waals surface area contributed by atoms with Crippen LogP contribution in [-0.2, 0) is 16.6 Å². The first kappa shape index (κ1) is 23.0. The van der Waals surface area contributed by atoms with E-state index in [0.717, 1.165) is 50.4 Å². The van der Waals surface area contributed by atoms with Gasteiger partial charge in [0.05, 0.1) is 11.4 Å². The van der Waals surface area contributed by atoms with Crippen molar-refractivity contribution in [1.29, 1.82) is 0 Å². The van der Waals surface area contributed by atoms with Crippen LogP contribution >= 0.6 is 0 Å². The highest BCUT2D eigenvalue weighted by Crippen LogP contribution is 2.22. The number of guanidine groups is 1. The van der Waals surface area contributed by atoms with E-state index >= 15 is 0 Å². The molecule has 0 radical (unpaired) electrons. The maximum Gasteiger partial charge on any atom is 0.240 e. The molecular weight excluding hydrogens is 398 g/mol. The van der Waals surface area contributed by atoms with Crippen molar-refractivity contribution in [3.05, 3.63) is 29.8 Å². The van der Waals surface area contributed by atoms with E-state index in [1.807, 2.05) is 12.1 Å². The Hall–Kier alpha value is -1.64. The highest BCUT2D eigenvalue weighted by molar-refractivity contribution is 7.89. The Morgan fingerprint density at radius 2 is 1.90 bits per heavy atom. The lowest BCUT2D eigenvalue weighted by atomic mass is 10.0. The summed E-state index contributed by atoms with van der Waals surface area (Å²) in [4.78, 5) is 7.55. The zero-order chi connectivity index (χ0) is 21.4. The third kappa shape index (κ3) is 7.25. The van der Waals surface area contributed by atoms with E-state index in [2.05, 4.69) is 39.1 Å². The van der Waals surface area contributed by atoms with Gasteiger partial charge < -0.3 is 15.5 Å². The number of hydrogen-bond donors (Lipinski definition) is 3. The first-order valence-electron chi connectivity index (χ1n) is 11.4. The van der Waals surface area contributed by atoms with E-state index in [0.29, 0.717) is 17.5 Å². The lowest BCUT2D eigenvalue weighted by Crippen LogP contribution is -2.41. The van der Waals surface area contributed by atoms with Crippen LogP contribution < -0.4 is 15.4 Å². The number of nitrogens with one attached hydrogen (secondary N) is 3. The average molecular weight is 436 g/mol. The van der Waals surface area contributed by atoms with Crippen molar-refractivity contribution in [1.82, 2.24) is 20.3 Å². The van der Waals surface area contributed by atoms with Crippen LogP contribution in [-0.4, -0.2) is 57.5 Å². The number of nitrogens with zero attached hydrogens (tertiary/aromatic N) is 2. The Labute approximate surface area is 181 Å². The van der Waals surface area contributed by atoms with Gasteiger partial charge in [0.1, 0.15) is 0 Å². The maximum atomic E-state index is 12.3. The van der Waals surface area contributed by atoms with E-state index in [1.165, 1.54) is 25.8 Å². The summed E-state index contributed by atoms with van der Waals surface area (Å²) in [5.74, 6) is 0.802. The molecule has 30 heavy (non-hydrogen) atoms. The fourth-order valence-corrected chi connectivity index (χ4v) is 5.06. The summed E-state index contributed by atoms with van der Waals surface area (Å²) in [7, 11) is -3.40. The molecule has 0 spiro atoms. The molecule has 1 atom stereocenters. The summed E-state index contributed by atoms with van der Waals surface area (Å²) in [6, 6.07) is 7.82. The van der Waals surface area contributed by atoms with Crippen molar-refractivity contribution < 1.29 is 8.42 Å². The molecule has 0 aromatic heterocycles. The number of rotatable bonds is 10. The summed E-state index contributed by atoms with van der Waals surface area (Å²) in [6.45, 7) is 8.93. The van der Waals surface area contributed by atoms with E-state index in [9.17, 15) is 8.42 Å². The lowest BCUT2D eigenvalue weighted by molar-refractivity contribution is 0.159. The second-order valence-corrected chi connectivity index (χ2v) is 10.1. The summed E-state index contributed by atoms with van der Waals surface area (Å²) in [5.41, 5.74) is 0.986. The zero-order valence-electron chi connectivity index (χ0n) is 18.4. The normalized spacial score (nSPS) is 20.9. The van der Waals surface area contributed by atoms with Crippen molar-refractivity contribution in [2.24, 2.45) is 4.99 Å². The lowest BCUT2D eigenvalue weighted by Gasteiger charge is -2.33. The van der Waals surface area contributed by atoms with Crippen molar-refractivity contribution in [2.45, 2.75) is 75.9 Å². The highest BCUT2D eigenvalue weighted by atomic mass is 32.2. The van der Waals surface area contributed by atoms with E-state index in [-0.39, 0.29) is 6.04 Å². The predicted octanol–water partition coefficient (Wildman–Crippen LogP) is 2.45. The van der Waals surface area contributed by atoms with Crippen LogP contribution in [0.25, 0.3) is 0 Å². The molecule has 7 nitrogen and oxygen atoms in total. The van der Waals surface area contributed by atoms with Gasteiger partial charge in [-0.25, -0.2) is 18.1 Å². The first-order chi connectivity index (χ1) is 14.5. The van der Waals surface area contributed by atoms with Gasteiger partial charge in [0.25, 0.3) is 0 Å². The van der Waals surface area contributed by atoms with Crippen LogP contribution in [0.4, 0.5) is 0 Å². The predicted molar refractivity (Wildman–Crippen MR) is 122 cm³/mol. The van der Waals surface area contributed by atoms with Gasteiger partial charge >= 0.3 is 0 Å². The summed E-state index contributed by atoms with van der Waals surface area (Å²) in [6.07, 6.45) is 6.95. The Morgan fingerprint density at radius 3 is 2.57 bits per heavy atom. The molecule has 1 heterocycles. The molecule has 0 amide bonds. The van der Waals surface area contributed by atoms with Crippen LogP contribution in [0.15, 0.2) is 34.2 Å². The molecule has 1 aromatic rings. The summed E-state index contributed by atoms with van der Waals surface area (Å²) in [5, 5.41) is 6.70. The molecular formula is C22H37N5O2S. The van der Waals surface area contributed by atoms with Crippen LogP contribution in [0.2, 0.25) is 0 Å². The van der Waals surface area contributed by atoms with Crippen molar-refractivity contribution in [2.75, 3.05) is 26.2 Å². The average Bonchev–Trinajstić information content (AvgIpc) is 3.54. The highest BCUT2D eigenvalue weighted by Gasteiger charge is 2.27. The smallest absolute Gasteiger partial charge is 0.240 e. The van der Waals surface area contributed by atoms with Crippen LogP contribution in [0.5, 0.6) is 0 Å². The van der Waals surface area contributed by atoms with Gasteiger partial charge in [-0.15, -0.1) is 0 Å². The molecule has 1 aliphatic heterocycles. The van der Waals surface area contributed by atoms with Crippen molar-refractivity contribution in [3.63, 3.8) is 0 Å². The van der Waals surface area contributed by atoms with Crippen LogP contribution in [0.1, 0.15) is 57.9 Å². The molecule has 0 bridgehead atoms. The number of hydrogen-bond acceptors (Lipinski definition) is 4. The Kier molecular flexibility index (Phi) is 8.53. The molecule has 1 aliphatic carbocycles. The number of benzene rings is 1. The summed E-state index contributed by atoms with van der Waals surface area (Å²) >= 11 is 0. The zero-order valence-corrected chi connectivity index (χ0v) is 19.2. The van der Waals surface area contributed by atoms with Gasteiger partial charge in [-0.2, -0.15) is 0 Å². The molecule has 168 valence electrons. The number of likely N-dealkylation sites (tertiary alicyclic amines) is 1. The second kappa shape index (κ2) is 11.1. The monoisotopic (exact) mass is 435 g/mol. The minimum Gasteiger partial charge on any atom is -0.357 e. The van der Waals surface area contributed by atoms with E-state index in [1.54, 1.807) is 12.1 Å². The molecule has 2 aliphatic rings. The van der Waals surface area contributed by atoms with Gasteiger partial charge in [0, 0.05) is 31.7 Å². The van der Waals surface area contributed by atoms with E-state index < -0.39 is 10.0 Å². The van der Waals surface area contributed by atoms with Gasteiger partial charge in [-0.05, 0) is 70.2 Å². The quantitative estimate of drug-likeness (QED) is 0.299. The fraction of sp³-hybridized carbons (Fsp3) is 0.682. The number of sulfonamides is 1. The summed E-state index contributed by atoms with van der Waals surface area (Å²) < 4.78 is 27.2. The molecule has 1 aromatic carbocycles. The Bertz CT molecular complexity index is 790. The third-order valence-corrected chi connectivity index (χ3v) is 7.29. The van der Waals surface area contributed by atoms with Gasteiger partial charge in [0.2, 0.25) is 10.0 Å². The molecule has 3 rings (SSSR count). The number of piperidine rings is 1. The largest absolute Gasteiger partial charge is 0.357 e. The molecule has 1 saturated carbocycles. The van der Waals surface area contributed by atoms with Crippen LogP contribution in [0.3, 0.4) is 0 Å². The van der Waals surface area contributed by atoms with Gasteiger partial charge in [0.15, 0.2) is 5.96 Å². The molecule has 1 saturated heterocycles. The van der Waals surface area contributed by atoms with Gasteiger partial charge in [-0.1, -0.05) is 18.6 Å². The standard InChI is InChI=1S/C22H37N5O2S/c1-3-23-22(24-14-6-16-27-15-5-4-7-18(27)2)25-17-19-8-12-21(13-9-19)30(28,29)26-20-10-11-20/h8-9,12-13,18,20,26H,3-7,10-11,14-17H2,1-2H3,(H2,23,24,25). The Balaban J connectivity index is 1.46. The molecule has 8 heteroatoms. The number of aliphatic imine (C=N–C) groups is 1. The SMILES string of the molecule is CCNC(=NCc1ccc(S(=O)(=O)NC2CC2)cc1)NCCCN1CCCCC1C. The van der Waals surface area contributed by atoms with Crippen molar-refractivity contribution >= 4 is 16.0 Å². The Morgan fingerprint density at radius 1 is 1.13 bits per heavy atom. The maximum absolute atomic E-state index is 12.3. The molecule has 2 fully saturated rings. The third-order valence-electron chi connectivity index (χ3n) is 5.75. The van der Waals surface area contributed by atoms with E-state index in [4.69, 9.17) is 0 Å². The van der Waals surface area contributed by atoms with Crippen molar-refractivity contribution in [3.8, 4) is 0 Å². The minimum atomic E-state index is -3.40. The topological polar surface area (TPSA) is 85.8 Å². The minimum absolute atomic E-state index is 0.117. The second-order valence-electron chi connectivity index (χ2n) is 8.40. The first-order valence-corrected chi connectivity index (χ1v) is 12.8. The molecule has 3 N–H and O–H groups in total. The molecule has 1 unspecified atom stereocenters. The van der Waals surface area contributed by atoms with Crippen LogP contribution in [0, 0.1) is 0 Å². The fourth-order valence-electron chi connectivity index (χ4n) is 3.75.